The van der Waals surface area contributed by atoms with Crippen LogP contribution in [0.5, 0.6) is 0 Å². The van der Waals surface area contributed by atoms with E-state index in [1.165, 1.54) is 161 Å². The van der Waals surface area contributed by atoms with Crippen LogP contribution < -0.4 is 0 Å². The fraction of sp³-hybridized carbons (Fsp3) is 0.697. The molecular formula is C76H128O6. The van der Waals surface area contributed by atoms with Crippen LogP contribution in [0.4, 0.5) is 0 Å². The second kappa shape index (κ2) is 69.3. The number of ether oxygens (including phenoxy) is 3. The van der Waals surface area contributed by atoms with Gasteiger partial charge in [0.15, 0.2) is 6.10 Å². The maximum Gasteiger partial charge on any atom is 0.306 e. The second-order valence-corrected chi connectivity index (χ2v) is 22.7. The molecule has 0 aliphatic heterocycles. The molecule has 0 aromatic heterocycles. The minimum absolute atomic E-state index is 0.0913. The molecule has 0 aromatic rings. The summed E-state index contributed by atoms with van der Waals surface area (Å²) in [6.07, 6.45) is 96.5. The second-order valence-electron chi connectivity index (χ2n) is 22.7. The first-order valence-electron chi connectivity index (χ1n) is 34.5. The van der Waals surface area contributed by atoms with Gasteiger partial charge in [-0.25, -0.2) is 0 Å². The van der Waals surface area contributed by atoms with Gasteiger partial charge in [0.2, 0.25) is 0 Å². The maximum atomic E-state index is 12.9. The lowest BCUT2D eigenvalue weighted by atomic mass is 10.0. The van der Waals surface area contributed by atoms with Crippen LogP contribution in [0, 0.1) is 0 Å². The van der Waals surface area contributed by atoms with E-state index < -0.39 is 6.10 Å². The third-order valence-electron chi connectivity index (χ3n) is 14.7. The van der Waals surface area contributed by atoms with Crippen LogP contribution in [0.15, 0.2) is 122 Å². The molecule has 0 heterocycles. The van der Waals surface area contributed by atoms with Gasteiger partial charge in [-0.1, -0.05) is 309 Å². The topological polar surface area (TPSA) is 78.9 Å². The van der Waals surface area contributed by atoms with Crippen LogP contribution in [0.2, 0.25) is 0 Å². The average Bonchev–Trinajstić information content (AvgIpc) is 3.47. The molecule has 6 heteroatoms. The molecule has 0 radical (unpaired) electrons. The van der Waals surface area contributed by atoms with E-state index in [0.717, 1.165) is 122 Å². The summed E-state index contributed by atoms with van der Waals surface area (Å²) in [5.41, 5.74) is 0. The molecule has 0 aliphatic carbocycles. The van der Waals surface area contributed by atoms with E-state index in [1.54, 1.807) is 0 Å². The first-order valence-corrected chi connectivity index (χ1v) is 34.5. The Morgan fingerprint density at radius 2 is 0.476 bits per heavy atom. The molecule has 6 nitrogen and oxygen atoms in total. The summed E-state index contributed by atoms with van der Waals surface area (Å²) in [4.78, 5) is 38.3. The van der Waals surface area contributed by atoms with Crippen molar-refractivity contribution in [3.63, 3.8) is 0 Å². The van der Waals surface area contributed by atoms with Gasteiger partial charge in [0.05, 0.1) is 0 Å². The predicted octanol–water partition coefficient (Wildman–Crippen LogP) is 23.9. The van der Waals surface area contributed by atoms with Crippen LogP contribution >= 0.6 is 0 Å². The molecule has 0 bridgehead atoms. The number of hydrogen-bond acceptors (Lipinski definition) is 6. The molecule has 468 valence electrons. The molecule has 0 aromatic carbocycles. The Balaban J connectivity index is 4.28. The Hall–Kier alpha value is -4.19. The van der Waals surface area contributed by atoms with E-state index in [0.29, 0.717) is 12.8 Å². The van der Waals surface area contributed by atoms with Gasteiger partial charge >= 0.3 is 17.9 Å². The molecule has 82 heavy (non-hydrogen) atoms. The molecule has 0 spiro atoms. The Labute approximate surface area is 507 Å². The van der Waals surface area contributed by atoms with Crippen molar-refractivity contribution in [2.75, 3.05) is 13.2 Å². The minimum Gasteiger partial charge on any atom is -0.462 e. The maximum absolute atomic E-state index is 12.9. The number of allylic oxidation sites excluding steroid dienone is 20. The third-order valence-corrected chi connectivity index (χ3v) is 14.7. The largest absolute Gasteiger partial charge is 0.462 e. The number of unbranched alkanes of at least 4 members (excludes halogenated alkanes) is 31. The fourth-order valence-corrected chi connectivity index (χ4v) is 9.55. The summed E-state index contributed by atoms with van der Waals surface area (Å²) in [6.45, 7) is 6.50. The molecule has 0 fully saturated rings. The van der Waals surface area contributed by atoms with Crippen LogP contribution in [0.1, 0.15) is 323 Å². The zero-order valence-corrected chi connectivity index (χ0v) is 53.7. The SMILES string of the molecule is CC/C=C\C/C=C\C/C=C\C/C=C\C/C=C\C/C=C\C/C=C\CCCCCC(=O)OC(COC(=O)CCCCCCCCCCCC)COC(=O)CCCCCCCCCCCCCCCC/C=C\C/C=C\C/C=C\CCCCCCC. The molecule has 0 aliphatic rings. The van der Waals surface area contributed by atoms with Crippen LogP contribution in [-0.4, -0.2) is 37.2 Å². The normalized spacial score (nSPS) is 12.9. The Bertz CT molecular complexity index is 1690. The highest BCUT2D eigenvalue weighted by atomic mass is 16.6. The standard InChI is InChI=1S/C76H128O6/c1-4-7-10-13-16-19-22-24-26-28-30-32-34-36-37-38-39-41-42-44-46-48-50-52-54-57-60-63-66-69-75(78)81-72-73(71-80-74(77)68-65-62-59-56-21-18-15-12-9-6-3)82-76(79)70-67-64-61-58-55-53-51-49-47-45-43-40-35-33-31-29-27-25-23-20-17-14-11-8-5-2/h8,11,17,20,22,24-25,27-28,30-31,33-34,36,40,43,47,49,53,55,73H,4-7,9-10,12-16,18-19,21,23,26,29,32,35,37-39,41-42,44-46,48,50-52,54,56-72H2,1-3H3/b11-8-,20-17-,24-22-,27-25-,30-28-,33-31-,36-34-,43-40-,49-47-,55-53-. The first kappa shape index (κ1) is 77.8. The summed E-state index contributed by atoms with van der Waals surface area (Å²) in [6, 6.07) is 0. The summed E-state index contributed by atoms with van der Waals surface area (Å²) >= 11 is 0. The lowest BCUT2D eigenvalue weighted by Gasteiger charge is -2.18. The van der Waals surface area contributed by atoms with Crippen LogP contribution in [-0.2, 0) is 28.6 Å². The van der Waals surface area contributed by atoms with E-state index in [9.17, 15) is 14.4 Å². The van der Waals surface area contributed by atoms with Crippen LogP contribution in [0.25, 0.3) is 0 Å². The van der Waals surface area contributed by atoms with Crippen molar-refractivity contribution >= 4 is 17.9 Å². The minimum atomic E-state index is -0.798. The monoisotopic (exact) mass is 1140 g/mol. The van der Waals surface area contributed by atoms with Crippen molar-refractivity contribution < 1.29 is 28.6 Å². The van der Waals surface area contributed by atoms with Crippen LogP contribution in [0.3, 0.4) is 0 Å². The molecule has 0 amide bonds. The average molecular weight is 1140 g/mol. The molecule has 0 N–H and O–H groups in total. The van der Waals surface area contributed by atoms with Crippen molar-refractivity contribution in [2.45, 2.75) is 329 Å². The Kier molecular flexibility index (Phi) is 65.8. The predicted molar refractivity (Wildman–Crippen MR) is 357 cm³/mol. The van der Waals surface area contributed by atoms with Gasteiger partial charge in [-0.05, 0) is 116 Å². The van der Waals surface area contributed by atoms with E-state index in [4.69, 9.17) is 14.2 Å². The first-order chi connectivity index (χ1) is 40.5. The van der Waals surface area contributed by atoms with Gasteiger partial charge in [0.1, 0.15) is 13.2 Å². The summed E-state index contributed by atoms with van der Waals surface area (Å²) in [5, 5.41) is 0. The van der Waals surface area contributed by atoms with E-state index in [-0.39, 0.29) is 37.5 Å². The third kappa shape index (κ3) is 66.6. The van der Waals surface area contributed by atoms with Gasteiger partial charge in [-0.15, -0.1) is 0 Å². The van der Waals surface area contributed by atoms with E-state index in [2.05, 4.69) is 142 Å². The fourth-order valence-electron chi connectivity index (χ4n) is 9.55. The molecule has 0 saturated heterocycles. The van der Waals surface area contributed by atoms with Gasteiger partial charge in [0, 0.05) is 19.3 Å². The van der Waals surface area contributed by atoms with Crippen molar-refractivity contribution in [2.24, 2.45) is 0 Å². The van der Waals surface area contributed by atoms with Gasteiger partial charge in [-0.3, -0.25) is 14.4 Å². The molecule has 1 atom stereocenters. The number of rotatable bonds is 62. The van der Waals surface area contributed by atoms with Crippen molar-refractivity contribution in [3.8, 4) is 0 Å². The summed E-state index contributed by atoms with van der Waals surface area (Å²) in [7, 11) is 0. The van der Waals surface area contributed by atoms with E-state index >= 15 is 0 Å². The quantitative estimate of drug-likeness (QED) is 0.0261. The highest BCUT2D eigenvalue weighted by Crippen LogP contribution is 2.16. The lowest BCUT2D eigenvalue weighted by Crippen LogP contribution is -2.30. The number of carbonyl (C=O) groups excluding carboxylic acids is 3. The molecule has 1 unspecified atom stereocenters. The van der Waals surface area contributed by atoms with Gasteiger partial charge < -0.3 is 14.2 Å². The summed E-state index contributed by atoms with van der Waals surface area (Å²) < 4.78 is 16.9. The zero-order chi connectivity index (χ0) is 59.2. The zero-order valence-electron chi connectivity index (χ0n) is 53.7. The van der Waals surface area contributed by atoms with Gasteiger partial charge in [0.25, 0.3) is 0 Å². The number of carbonyl (C=O) groups is 3. The van der Waals surface area contributed by atoms with Crippen molar-refractivity contribution in [1.82, 2.24) is 0 Å². The van der Waals surface area contributed by atoms with Gasteiger partial charge in [-0.2, -0.15) is 0 Å². The highest BCUT2D eigenvalue weighted by Gasteiger charge is 2.19. The van der Waals surface area contributed by atoms with E-state index in [1.807, 2.05) is 0 Å². The Morgan fingerprint density at radius 1 is 0.256 bits per heavy atom. The number of hydrogen-bond donors (Lipinski definition) is 0. The number of esters is 3. The summed E-state index contributed by atoms with van der Waals surface area (Å²) in [5.74, 6) is -0.919. The molecule has 0 rings (SSSR count). The van der Waals surface area contributed by atoms with Crippen molar-refractivity contribution in [1.29, 1.82) is 0 Å². The molecule has 0 saturated carbocycles. The van der Waals surface area contributed by atoms with Crippen molar-refractivity contribution in [3.05, 3.63) is 122 Å². The highest BCUT2D eigenvalue weighted by molar-refractivity contribution is 5.71. The lowest BCUT2D eigenvalue weighted by molar-refractivity contribution is -0.167. The Morgan fingerprint density at radius 3 is 0.756 bits per heavy atom. The molecular weight excluding hydrogens is 1010 g/mol. The smallest absolute Gasteiger partial charge is 0.306 e.